The fraction of sp³-hybridized carbons (Fsp3) is 0.0833. The summed E-state index contributed by atoms with van der Waals surface area (Å²) in [5.74, 6) is 0.247. The predicted octanol–water partition coefficient (Wildman–Crippen LogP) is 3.57. The van der Waals surface area contributed by atoms with Crippen LogP contribution in [0.4, 0.5) is 0 Å². The van der Waals surface area contributed by atoms with Crippen LogP contribution in [0.15, 0.2) is 45.9 Å². The van der Waals surface area contributed by atoms with Crippen molar-refractivity contribution in [2.45, 2.75) is 11.8 Å². The first-order valence-electron chi connectivity index (χ1n) is 5.21. The minimum Gasteiger partial charge on any atom is -0.379 e. The lowest BCUT2D eigenvalue weighted by molar-refractivity contribution is 0.485. The highest BCUT2D eigenvalue weighted by molar-refractivity contribution is 9.10. The molecule has 0 bridgehead atoms. The fourth-order valence-electron chi connectivity index (χ4n) is 1.31. The Labute approximate surface area is 124 Å². The van der Waals surface area contributed by atoms with Crippen LogP contribution in [0.2, 0.25) is 5.15 Å². The Morgan fingerprint density at radius 2 is 1.89 bits per heavy atom. The molecule has 7 heteroatoms. The van der Waals surface area contributed by atoms with Gasteiger partial charge in [0.15, 0.2) is 0 Å². The second kappa shape index (κ2) is 5.48. The van der Waals surface area contributed by atoms with Crippen molar-refractivity contribution in [3.63, 3.8) is 0 Å². The zero-order valence-corrected chi connectivity index (χ0v) is 13.0. The Kier molecular flexibility index (Phi) is 4.13. The lowest BCUT2D eigenvalue weighted by atomic mass is 10.2. The molecule has 4 nitrogen and oxygen atoms in total. The smallest absolute Gasteiger partial charge is 0.340 e. The van der Waals surface area contributed by atoms with Crippen molar-refractivity contribution in [2.75, 3.05) is 0 Å². The van der Waals surface area contributed by atoms with E-state index in [9.17, 15) is 8.42 Å². The number of aryl methyl sites for hydroxylation is 1. The second-order valence-corrected chi connectivity index (χ2v) is 6.55. The van der Waals surface area contributed by atoms with Crippen LogP contribution in [-0.4, -0.2) is 13.4 Å². The molecule has 100 valence electrons. The first-order chi connectivity index (χ1) is 8.88. The standard InChI is InChI=1S/C12H9BrClNO3S/c1-8-2-4-9(5-3-8)18-19(16,17)10-6-11(13)12(14)15-7-10/h2-7H,1H3. The third-order valence-corrected chi connectivity index (χ3v) is 4.63. The molecule has 1 aromatic carbocycles. The Morgan fingerprint density at radius 3 is 2.47 bits per heavy atom. The summed E-state index contributed by atoms with van der Waals surface area (Å²) in [5.41, 5.74) is 1.01. The summed E-state index contributed by atoms with van der Waals surface area (Å²) in [4.78, 5) is 3.69. The predicted molar refractivity (Wildman–Crippen MR) is 75.9 cm³/mol. The molecule has 0 radical (unpaired) electrons. The fourth-order valence-corrected chi connectivity index (χ4v) is 2.82. The molecule has 1 aromatic heterocycles. The van der Waals surface area contributed by atoms with Crippen LogP contribution in [0, 0.1) is 6.92 Å². The van der Waals surface area contributed by atoms with Crippen molar-refractivity contribution in [1.82, 2.24) is 4.98 Å². The maximum atomic E-state index is 12.0. The second-order valence-electron chi connectivity index (χ2n) is 3.79. The summed E-state index contributed by atoms with van der Waals surface area (Å²) in [6, 6.07) is 8.05. The van der Waals surface area contributed by atoms with E-state index in [0.29, 0.717) is 4.47 Å². The van der Waals surface area contributed by atoms with Gasteiger partial charge in [0, 0.05) is 0 Å². The summed E-state index contributed by atoms with van der Waals surface area (Å²) >= 11 is 8.83. The van der Waals surface area contributed by atoms with Crippen LogP contribution in [0.25, 0.3) is 0 Å². The molecule has 0 N–H and O–H groups in total. The third-order valence-electron chi connectivity index (χ3n) is 2.29. The summed E-state index contributed by atoms with van der Waals surface area (Å²) in [5, 5.41) is 0.189. The molecule has 2 rings (SSSR count). The summed E-state index contributed by atoms with van der Waals surface area (Å²) < 4.78 is 29.4. The topological polar surface area (TPSA) is 56.3 Å². The SMILES string of the molecule is Cc1ccc(OS(=O)(=O)c2cnc(Cl)c(Br)c2)cc1. The summed E-state index contributed by atoms with van der Waals surface area (Å²) in [6.07, 6.45) is 1.15. The van der Waals surface area contributed by atoms with Gasteiger partial charge in [-0.05, 0) is 41.1 Å². The van der Waals surface area contributed by atoms with Crippen molar-refractivity contribution in [1.29, 1.82) is 0 Å². The molecule has 0 saturated carbocycles. The number of nitrogens with zero attached hydrogens (tertiary/aromatic N) is 1. The lowest BCUT2D eigenvalue weighted by Crippen LogP contribution is -2.10. The van der Waals surface area contributed by atoms with E-state index in [0.717, 1.165) is 11.8 Å². The number of rotatable bonds is 3. The van der Waals surface area contributed by atoms with Crippen molar-refractivity contribution in [3.05, 3.63) is 51.7 Å². The average Bonchev–Trinajstić information content (AvgIpc) is 2.35. The molecule has 0 aliphatic rings. The van der Waals surface area contributed by atoms with Crippen LogP contribution in [0.3, 0.4) is 0 Å². The first-order valence-corrected chi connectivity index (χ1v) is 7.78. The Hall–Kier alpha value is -1.11. The largest absolute Gasteiger partial charge is 0.379 e. The van der Waals surface area contributed by atoms with Gasteiger partial charge >= 0.3 is 10.1 Å². The van der Waals surface area contributed by atoms with Gasteiger partial charge in [0.25, 0.3) is 0 Å². The summed E-state index contributed by atoms with van der Waals surface area (Å²) in [7, 11) is -3.92. The van der Waals surface area contributed by atoms with Gasteiger partial charge in [-0.3, -0.25) is 0 Å². The highest BCUT2D eigenvalue weighted by Gasteiger charge is 2.18. The highest BCUT2D eigenvalue weighted by atomic mass is 79.9. The molecule has 2 aromatic rings. The van der Waals surface area contributed by atoms with Gasteiger partial charge in [-0.25, -0.2) is 4.98 Å². The minimum atomic E-state index is -3.92. The lowest BCUT2D eigenvalue weighted by Gasteiger charge is -2.07. The maximum absolute atomic E-state index is 12.0. The van der Waals surface area contributed by atoms with E-state index in [1.807, 2.05) is 6.92 Å². The molecule has 1 heterocycles. The quantitative estimate of drug-likeness (QED) is 0.618. The number of hydrogen-bond donors (Lipinski definition) is 0. The molecule has 0 saturated heterocycles. The number of halogens is 2. The van der Waals surface area contributed by atoms with Gasteiger partial charge in [0.1, 0.15) is 15.8 Å². The van der Waals surface area contributed by atoms with Crippen LogP contribution in [0.1, 0.15) is 5.56 Å². The molecular formula is C12H9BrClNO3S. The molecule has 0 unspecified atom stereocenters. The maximum Gasteiger partial charge on any atom is 0.340 e. The molecular weight excluding hydrogens is 354 g/mol. The van der Waals surface area contributed by atoms with E-state index in [1.54, 1.807) is 24.3 Å². The van der Waals surface area contributed by atoms with Crippen molar-refractivity contribution < 1.29 is 12.6 Å². The van der Waals surface area contributed by atoms with Gasteiger partial charge < -0.3 is 4.18 Å². The molecule has 0 aliphatic carbocycles. The van der Waals surface area contributed by atoms with Gasteiger partial charge in [-0.15, -0.1) is 0 Å². The van der Waals surface area contributed by atoms with E-state index in [-0.39, 0.29) is 15.8 Å². The van der Waals surface area contributed by atoms with Gasteiger partial charge in [0.2, 0.25) is 0 Å². The molecule has 0 fully saturated rings. The minimum absolute atomic E-state index is 0.0654. The van der Waals surface area contributed by atoms with Gasteiger partial charge in [-0.1, -0.05) is 29.3 Å². The van der Waals surface area contributed by atoms with Crippen LogP contribution in [-0.2, 0) is 10.1 Å². The number of benzene rings is 1. The normalized spacial score (nSPS) is 11.3. The van der Waals surface area contributed by atoms with E-state index in [2.05, 4.69) is 20.9 Å². The van der Waals surface area contributed by atoms with Gasteiger partial charge in [0.05, 0.1) is 10.7 Å². The van der Waals surface area contributed by atoms with Crippen LogP contribution >= 0.6 is 27.5 Å². The zero-order chi connectivity index (χ0) is 14.0. The molecule has 0 atom stereocenters. The number of aromatic nitrogens is 1. The van der Waals surface area contributed by atoms with Crippen molar-refractivity contribution >= 4 is 37.6 Å². The van der Waals surface area contributed by atoms with Crippen LogP contribution < -0.4 is 4.18 Å². The highest BCUT2D eigenvalue weighted by Crippen LogP contribution is 2.25. The molecule has 0 amide bonds. The summed E-state index contributed by atoms with van der Waals surface area (Å²) in [6.45, 7) is 1.90. The van der Waals surface area contributed by atoms with Crippen molar-refractivity contribution in [2.24, 2.45) is 0 Å². The first kappa shape index (κ1) is 14.3. The average molecular weight is 363 g/mol. The van der Waals surface area contributed by atoms with E-state index >= 15 is 0 Å². The zero-order valence-electron chi connectivity index (χ0n) is 9.80. The Morgan fingerprint density at radius 1 is 1.26 bits per heavy atom. The monoisotopic (exact) mass is 361 g/mol. The van der Waals surface area contributed by atoms with Crippen LogP contribution in [0.5, 0.6) is 5.75 Å². The van der Waals surface area contributed by atoms with Crippen molar-refractivity contribution in [3.8, 4) is 5.75 Å². The Balaban J connectivity index is 2.32. The molecule has 0 aliphatic heterocycles. The number of pyridine rings is 1. The Bertz CT molecular complexity index is 701. The van der Waals surface area contributed by atoms with E-state index in [4.69, 9.17) is 15.8 Å². The molecule has 0 spiro atoms. The van der Waals surface area contributed by atoms with Gasteiger partial charge in [-0.2, -0.15) is 8.42 Å². The van der Waals surface area contributed by atoms with E-state index in [1.165, 1.54) is 6.07 Å². The third kappa shape index (κ3) is 3.46. The van der Waals surface area contributed by atoms with E-state index < -0.39 is 10.1 Å². The number of hydrogen-bond acceptors (Lipinski definition) is 4. The molecule has 19 heavy (non-hydrogen) atoms.